The second-order valence-corrected chi connectivity index (χ2v) is 3.83. The molecular formula is C10H19NO2. The number of carbonyl (C=O) groups is 1. The Kier molecular flexibility index (Phi) is 3.72. The first kappa shape index (κ1) is 10.5. The maximum atomic E-state index is 11.5. The van der Waals surface area contributed by atoms with Crippen LogP contribution in [0.15, 0.2) is 0 Å². The summed E-state index contributed by atoms with van der Waals surface area (Å²) in [4.78, 5) is 13.4. The van der Waals surface area contributed by atoms with Gasteiger partial charge in [0.25, 0.3) is 0 Å². The summed E-state index contributed by atoms with van der Waals surface area (Å²) in [5.74, 6) is 0.365. The van der Waals surface area contributed by atoms with Crippen LogP contribution in [0.1, 0.15) is 33.1 Å². The van der Waals surface area contributed by atoms with Gasteiger partial charge in [0, 0.05) is 31.5 Å². The van der Waals surface area contributed by atoms with E-state index in [4.69, 9.17) is 5.11 Å². The van der Waals surface area contributed by atoms with Crippen LogP contribution in [0.4, 0.5) is 0 Å². The minimum absolute atomic E-state index is 0.134. The van der Waals surface area contributed by atoms with Gasteiger partial charge in [-0.2, -0.15) is 0 Å². The van der Waals surface area contributed by atoms with E-state index in [2.05, 4.69) is 6.92 Å². The van der Waals surface area contributed by atoms with Gasteiger partial charge >= 0.3 is 0 Å². The minimum atomic E-state index is 0.134. The average molecular weight is 185 g/mol. The van der Waals surface area contributed by atoms with E-state index in [0.717, 1.165) is 19.4 Å². The van der Waals surface area contributed by atoms with Gasteiger partial charge in [0.2, 0.25) is 5.91 Å². The van der Waals surface area contributed by atoms with Gasteiger partial charge in [-0.15, -0.1) is 0 Å². The van der Waals surface area contributed by atoms with Crippen LogP contribution < -0.4 is 0 Å². The number of carbonyl (C=O) groups excluding carboxylic acids is 1. The number of nitrogens with zero attached hydrogens (tertiary/aromatic N) is 1. The Labute approximate surface area is 79.7 Å². The molecule has 0 saturated carbocycles. The van der Waals surface area contributed by atoms with Gasteiger partial charge in [0.05, 0.1) is 0 Å². The molecule has 0 aromatic rings. The molecule has 0 aromatic heterocycles. The van der Waals surface area contributed by atoms with E-state index in [-0.39, 0.29) is 24.5 Å². The predicted molar refractivity (Wildman–Crippen MR) is 51.3 cm³/mol. The molecule has 76 valence electrons. The van der Waals surface area contributed by atoms with E-state index in [1.807, 2.05) is 11.8 Å². The number of unbranched alkanes of at least 4 members (excludes halogenated alkanes) is 1. The predicted octanol–water partition coefficient (Wildman–Crippen LogP) is 1.02. The standard InChI is InChI=1S/C10H19NO2/c1-3-4-5-11-8(2)9(7-12)6-10(11)13/h8-9,12H,3-7H2,1-2H3. The van der Waals surface area contributed by atoms with Crippen LogP contribution >= 0.6 is 0 Å². The molecule has 3 heteroatoms. The third kappa shape index (κ3) is 2.21. The lowest BCUT2D eigenvalue weighted by Crippen LogP contribution is -2.34. The summed E-state index contributed by atoms with van der Waals surface area (Å²) >= 11 is 0. The quantitative estimate of drug-likeness (QED) is 0.710. The summed E-state index contributed by atoms with van der Waals surface area (Å²) < 4.78 is 0. The molecule has 0 aliphatic carbocycles. The van der Waals surface area contributed by atoms with Crippen molar-refractivity contribution in [2.45, 2.75) is 39.2 Å². The van der Waals surface area contributed by atoms with Crippen molar-refractivity contribution in [1.82, 2.24) is 4.90 Å². The molecule has 1 aliphatic rings. The molecule has 2 unspecified atom stereocenters. The van der Waals surface area contributed by atoms with Crippen molar-refractivity contribution in [3.8, 4) is 0 Å². The van der Waals surface area contributed by atoms with Crippen molar-refractivity contribution in [2.24, 2.45) is 5.92 Å². The molecule has 1 fully saturated rings. The van der Waals surface area contributed by atoms with Gasteiger partial charge in [-0.05, 0) is 13.3 Å². The van der Waals surface area contributed by atoms with Gasteiger partial charge in [-0.3, -0.25) is 4.79 Å². The molecule has 13 heavy (non-hydrogen) atoms. The zero-order valence-corrected chi connectivity index (χ0v) is 8.49. The normalized spacial score (nSPS) is 28.5. The van der Waals surface area contributed by atoms with E-state index in [0.29, 0.717) is 6.42 Å². The number of aliphatic hydroxyl groups is 1. The number of rotatable bonds is 4. The number of aliphatic hydroxyl groups excluding tert-OH is 1. The smallest absolute Gasteiger partial charge is 0.223 e. The minimum Gasteiger partial charge on any atom is -0.396 e. The van der Waals surface area contributed by atoms with E-state index in [9.17, 15) is 4.79 Å². The highest BCUT2D eigenvalue weighted by Gasteiger charge is 2.35. The number of hydrogen-bond donors (Lipinski definition) is 1. The molecule has 0 spiro atoms. The Hall–Kier alpha value is -0.570. The summed E-state index contributed by atoms with van der Waals surface area (Å²) in [6.45, 7) is 5.14. The first-order valence-electron chi connectivity index (χ1n) is 5.11. The van der Waals surface area contributed by atoms with E-state index in [1.54, 1.807) is 0 Å². The lowest BCUT2D eigenvalue weighted by Gasteiger charge is -2.23. The number of hydrogen-bond acceptors (Lipinski definition) is 2. The molecule has 1 heterocycles. The maximum absolute atomic E-state index is 11.5. The third-order valence-corrected chi connectivity index (χ3v) is 2.92. The maximum Gasteiger partial charge on any atom is 0.223 e. The summed E-state index contributed by atoms with van der Waals surface area (Å²) in [5.41, 5.74) is 0. The first-order chi connectivity index (χ1) is 6.20. The highest BCUT2D eigenvalue weighted by molar-refractivity contribution is 5.79. The molecule has 1 amide bonds. The zero-order valence-electron chi connectivity index (χ0n) is 8.49. The summed E-state index contributed by atoms with van der Waals surface area (Å²) in [6, 6.07) is 0.226. The van der Waals surface area contributed by atoms with Crippen LogP contribution in [-0.2, 0) is 4.79 Å². The van der Waals surface area contributed by atoms with Gasteiger partial charge in [-0.25, -0.2) is 0 Å². The van der Waals surface area contributed by atoms with Crippen molar-refractivity contribution < 1.29 is 9.90 Å². The van der Waals surface area contributed by atoms with Crippen LogP contribution in [0.5, 0.6) is 0 Å². The molecule has 1 saturated heterocycles. The molecular weight excluding hydrogens is 166 g/mol. The molecule has 1 rings (SSSR count). The van der Waals surface area contributed by atoms with Crippen molar-refractivity contribution in [3.63, 3.8) is 0 Å². The number of likely N-dealkylation sites (tertiary alicyclic amines) is 1. The Balaban J connectivity index is 2.49. The molecule has 0 radical (unpaired) electrons. The molecule has 2 atom stereocenters. The van der Waals surface area contributed by atoms with Gasteiger partial charge in [0.15, 0.2) is 0 Å². The van der Waals surface area contributed by atoms with Gasteiger partial charge < -0.3 is 10.0 Å². The topological polar surface area (TPSA) is 40.5 Å². The lowest BCUT2D eigenvalue weighted by molar-refractivity contribution is -0.128. The SMILES string of the molecule is CCCCN1C(=O)CC(CO)C1C. The second-order valence-electron chi connectivity index (χ2n) is 3.83. The molecule has 1 N–H and O–H groups in total. The van der Waals surface area contributed by atoms with Crippen molar-refractivity contribution >= 4 is 5.91 Å². The second kappa shape index (κ2) is 4.61. The fraction of sp³-hybridized carbons (Fsp3) is 0.900. The van der Waals surface area contributed by atoms with Gasteiger partial charge in [-0.1, -0.05) is 13.3 Å². The highest BCUT2D eigenvalue weighted by atomic mass is 16.3. The average Bonchev–Trinajstić information content (AvgIpc) is 2.39. The monoisotopic (exact) mass is 185 g/mol. The first-order valence-corrected chi connectivity index (χ1v) is 5.11. The zero-order chi connectivity index (χ0) is 9.84. The molecule has 0 aromatic carbocycles. The van der Waals surface area contributed by atoms with E-state index >= 15 is 0 Å². The third-order valence-electron chi connectivity index (χ3n) is 2.92. The van der Waals surface area contributed by atoms with Crippen LogP contribution in [0.2, 0.25) is 0 Å². The molecule has 3 nitrogen and oxygen atoms in total. The molecule has 1 aliphatic heterocycles. The van der Waals surface area contributed by atoms with Crippen LogP contribution in [0.3, 0.4) is 0 Å². The molecule has 0 bridgehead atoms. The van der Waals surface area contributed by atoms with E-state index < -0.39 is 0 Å². The fourth-order valence-corrected chi connectivity index (χ4v) is 1.87. The Morgan fingerprint density at radius 1 is 1.62 bits per heavy atom. The van der Waals surface area contributed by atoms with Crippen molar-refractivity contribution in [1.29, 1.82) is 0 Å². The Morgan fingerprint density at radius 3 is 2.77 bits per heavy atom. The summed E-state index contributed by atoms with van der Waals surface area (Å²) in [7, 11) is 0. The van der Waals surface area contributed by atoms with Crippen LogP contribution in [0.25, 0.3) is 0 Å². The summed E-state index contributed by atoms with van der Waals surface area (Å²) in [6.07, 6.45) is 2.70. The van der Waals surface area contributed by atoms with Crippen LogP contribution in [-0.4, -0.2) is 35.1 Å². The Morgan fingerprint density at radius 2 is 2.31 bits per heavy atom. The highest BCUT2D eigenvalue weighted by Crippen LogP contribution is 2.24. The van der Waals surface area contributed by atoms with Gasteiger partial charge in [0.1, 0.15) is 0 Å². The van der Waals surface area contributed by atoms with Crippen molar-refractivity contribution in [3.05, 3.63) is 0 Å². The number of amides is 1. The van der Waals surface area contributed by atoms with E-state index in [1.165, 1.54) is 0 Å². The lowest BCUT2D eigenvalue weighted by atomic mass is 10.0. The van der Waals surface area contributed by atoms with Crippen LogP contribution in [0, 0.1) is 5.92 Å². The Bertz CT molecular complexity index is 182. The fourth-order valence-electron chi connectivity index (χ4n) is 1.87. The van der Waals surface area contributed by atoms with Crippen molar-refractivity contribution in [2.75, 3.05) is 13.2 Å². The largest absolute Gasteiger partial charge is 0.396 e. The summed E-state index contributed by atoms with van der Waals surface area (Å²) in [5, 5.41) is 9.02.